The summed E-state index contributed by atoms with van der Waals surface area (Å²) in [6.07, 6.45) is 3.51. The maximum Gasteiger partial charge on any atom is 0.251 e. The van der Waals surface area contributed by atoms with Gasteiger partial charge in [-0.25, -0.2) is 8.78 Å². The lowest BCUT2D eigenvalue weighted by atomic mass is 10.0. The van der Waals surface area contributed by atoms with Gasteiger partial charge in [-0.1, -0.05) is 47.7 Å². The third-order valence-corrected chi connectivity index (χ3v) is 7.41. The zero-order valence-electron chi connectivity index (χ0n) is 25.0. The molecule has 1 aromatic heterocycles. The second-order valence-electron chi connectivity index (χ2n) is 10.6. The first-order valence-electron chi connectivity index (χ1n) is 14.5. The van der Waals surface area contributed by atoms with Gasteiger partial charge in [-0.2, -0.15) is 0 Å². The SMILES string of the molecule is COc1ccc(N(C)C(=O)[C@H](Cc2cc(F)cc(F)c2)NC(=O)c2cccc(-c3cn(CCCc4ccccc4)nn3)c2)cc1. The molecule has 0 aliphatic rings. The number of carbonyl (C=O) groups excluding carboxylic acids is 2. The molecule has 4 aromatic carbocycles. The van der Waals surface area contributed by atoms with Crippen LogP contribution in [0, 0.1) is 11.6 Å². The Balaban J connectivity index is 1.31. The van der Waals surface area contributed by atoms with Gasteiger partial charge >= 0.3 is 0 Å². The Morgan fingerprint density at radius 2 is 1.64 bits per heavy atom. The number of hydrogen-bond donors (Lipinski definition) is 1. The van der Waals surface area contributed by atoms with Gasteiger partial charge in [0, 0.05) is 42.9 Å². The van der Waals surface area contributed by atoms with Crippen LogP contribution in [0.25, 0.3) is 11.3 Å². The van der Waals surface area contributed by atoms with Crippen LogP contribution in [0.1, 0.15) is 27.9 Å². The molecule has 2 amide bonds. The molecule has 0 spiro atoms. The van der Waals surface area contributed by atoms with Crippen molar-refractivity contribution in [2.45, 2.75) is 31.8 Å². The highest BCUT2D eigenvalue weighted by Crippen LogP contribution is 2.21. The van der Waals surface area contributed by atoms with Crippen molar-refractivity contribution in [3.05, 3.63) is 132 Å². The fraction of sp³-hybridized carbons (Fsp3) is 0.200. The molecular formula is C35H33F2N5O3. The van der Waals surface area contributed by atoms with Crippen LogP contribution in [0.3, 0.4) is 0 Å². The molecule has 10 heteroatoms. The highest BCUT2D eigenvalue weighted by molar-refractivity contribution is 6.02. The molecule has 1 heterocycles. The molecule has 5 aromatic rings. The van der Waals surface area contributed by atoms with Crippen molar-refractivity contribution in [1.29, 1.82) is 0 Å². The summed E-state index contributed by atoms with van der Waals surface area (Å²) in [4.78, 5) is 28.6. The molecule has 0 bridgehead atoms. The Morgan fingerprint density at radius 1 is 0.911 bits per heavy atom. The van der Waals surface area contributed by atoms with Crippen LogP contribution in [0.5, 0.6) is 5.75 Å². The number of nitrogens with zero attached hydrogens (tertiary/aromatic N) is 4. The first-order valence-corrected chi connectivity index (χ1v) is 14.5. The minimum atomic E-state index is -1.13. The van der Waals surface area contributed by atoms with Crippen LogP contribution < -0.4 is 15.0 Å². The molecule has 45 heavy (non-hydrogen) atoms. The number of nitrogens with one attached hydrogen (secondary N) is 1. The van der Waals surface area contributed by atoms with E-state index in [2.05, 4.69) is 27.8 Å². The minimum absolute atomic E-state index is 0.128. The largest absolute Gasteiger partial charge is 0.497 e. The number of rotatable bonds is 12. The standard InChI is InChI=1S/C35H33F2N5O3/c1-41(30-13-15-31(45-2)16-14-30)35(44)32(20-25-18-28(36)22-29(37)19-25)38-34(43)27-12-6-11-26(21-27)33-23-42(40-39-33)17-7-10-24-8-4-3-5-9-24/h3-6,8-9,11-16,18-19,21-23,32H,7,10,17,20H2,1-2H3,(H,38,43)/t32-/m0/s1. The zero-order chi connectivity index (χ0) is 31.8. The maximum absolute atomic E-state index is 14.0. The summed E-state index contributed by atoms with van der Waals surface area (Å²) in [5.41, 5.74) is 3.62. The molecule has 1 N–H and O–H groups in total. The number of benzene rings is 4. The lowest BCUT2D eigenvalue weighted by Crippen LogP contribution is -2.48. The number of carbonyl (C=O) groups is 2. The van der Waals surface area contributed by atoms with E-state index in [1.807, 2.05) is 30.5 Å². The average Bonchev–Trinajstić information content (AvgIpc) is 3.53. The van der Waals surface area contributed by atoms with Crippen molar-refractivity contribution in [3.8, 4) is 17.0 Å². The molecule has 8 nitrogen and oxygen atoms in total. The second-order valence-corrected chi connectivity index (χ2v) is 10.6. The van der Waals surface area contributed by atoms with Gasteiger partial charge in [-0.15, -0.1) is 5.10 Å². The lowest BCUT2D eigenvalue weighted by molar-refractivity contribution is -0.120. The molecule has 0 saturated carbocycles. The molecule has 0 aliphatic heterocycles. The van der Waals surface area contributed by atoms with E-state index in [9.17, 15) is 18.4 Å². The zero-order valence-corrected chi connectivity index (χ0v) is 25.0. The molecule has 0 radical (unpaired) electrons. The Kier molecular flexibility index (Phi) is 9.93. The summed E-state index contributed by atoms with van der Waals surface area (Å²) in [7, 11) is 3.11. The highest BCUT2D eigenvalue weighted by atomic mass is 19.1. The molecule has 0 unspecified atom stereocenters. The molecule has 230 valence electrons. The van der Waals surface area contributed by atoms with Gasteiger partial charge in [0.1, 0.15) is 29.1 Å². The van der Waals surface area contributed by atoms with Crippen LogP contribution in [0.4, 0.5) is 14.5 Å². The number of halogens is 2. The van der Waals surface area contributed by atoms with Crippen molar-refractivity contribution in [3.63, 3.8) is 0 Å². The summed E-state index contributed by atoms with van der Waals surface area (Å²) in [6.45, 7) is 0.689. The van der Waals surface area contributed by atoms with E-state index in [0.29, 0.717) is 34.8 Å². The summed E-state index contributed by atoms with van der Waals surface area (Å²) < 4.78 is 35.0. The van der Waals surface area contributed by atoms with Gasteiger partial charge in [-0.05, 0) is 72.5 Å². The van der Waals surface area contributed by atoms with Crippen LogP contribution in [-0.4, -0.2) is 47.0 Å². The predicted molar refractivity (Wildman–Crippen MR) is 168 cm³/mol. The smallest absolute Gasteiger partial charge is 0.251 e. The van der Waals surface area contributed by atoms with Gasteiger partial charge in [-0.3, -0.25) is 14.3 Å². The van der Waals surface area contributed by atoms with Gasteiger partial charge in [0.15, 0.2) is 0 Å². The van der Waals surface area contributed by atoms with Gasteiger partial charge in [0.05, 0.1) is 13.3 Å². The van der Waals surface area contributed by atoms with Crippen LogP contribution in [0.2, 0.25) is 0 Å². The maximum atomic E-state index is 14.0. The van der Waals surface area contributed by atoms with E-state index in [1.165, 1.54) is 17.6 Å². The van der Waals surface area contributed by atoms with Gasteiger partial charge in [0.25, 0.3) is 5.91 Å². The van der Waals surface area contributed by atoms with E-state index in [0.717, 1.165) is 31.0 Å². The summed E-state index contributed by atoms with van der Waals surface area (Å²) in [5.74, 6) is -1.91. The Hall–Kier alpha value is -5.38. The van der Waals surface area contributed by atoms with Crippen molar-refractivity contribution in [2.24, 2.45) is 0 Å². The monoisotopic (exact) mass is 609 g/mol. The molecule has 5 rings (SSSR count). The number of amides is 2. The average molecular weight is 610 g/mol. The predicted octanol–water partition coefficient (Wildman–Crippen LogP) is 5.87. The minimum Gasteiger partial charge on any atom is -0.497 e. The van der Waals surface area contributed by atoms with E-state index in [-0.39, 0.29) is 12.0 Å². The molecular weight excluding hydrogens is 576 g/mol. The third-order valence-electron chi connectivity index (χ3n) is 7.41. The highest BCUT2D eigenvalue weighted by Gasteiger charge is 2.26. The van der Waals surface area contributed by atoms with Crippen molar-refractivity contribution in [1.82, 2.24) is 20.3 Å². The quantitative estimate of drug-likeness (QED) is 0.191. The van der Waals surface area contributed by atoms with E-state index in [1.54, 1.807) is 54.2 Å². The van der Waals surface area contributed by atoms with Crippen LogP contribution >= 0.6 is 0 Å². The fourth-order valence-electron chi connectivity index (χ4n) is 5.02. The molecule has 1 atom stereocenters. The van der Waals surface area contributed by atoms with Gasteiger partial charge in [0.2, 0.25) is 5.91 Å². The molecule has 0 fully saturated rings. The van der Waals surface area contributed by atoms with Crippen LogP contribution in [-0.2, 0) is 24.2 Å². The summed E-state index contributed by atoms with van der Waals surface area (Å²) >= 11 is 0. The first-order chi connectivity index (χ1) is 21.8. The number of methoxy groups -OCH3 is 1. The third kappa shape index (κ3) is 8.17. The van der Waals surface area contributed by atoms with Crippen molar-refractivity contribution in [2.75, 3.05) is 19.1 Å². The first kappa shape index (κ1) is 31.1. The number of hydrogen-bond acceptors (Lipinski definition) is 5. The number of ether oxygens (including phenoxy) is 1. The number of aryl methyl sites for hydroxylation is 2. The van der Waals surface area contributed by atoms with Crippen molar-refractivity contribution < 1.29 is 23.1 Å². The number of aromatic nitrogens is 3. The van der Waals surface area contributed by atoms with Crippen LogP contribution in [0.15, 0.2) is 103 Å². The Labute approximate surface area is 260 Å². The normalized spacial score (nSPS) is 11.6. The summed E-state index contributed by atoms with van der Waals surface area (Å²) in [6, 6.07) is 25.8. The van der Waals surface area contributed by atoms with E-state index < -0.39 is 29.5 Å². The molecule has 0 saturated heterocycles. The van der Waals surface area contributed by atoms with Gasteiger partial charge < -0.3 is 15.0 Å². The van der Waals surface area contributed by atoms with Crippen molar-refractivity contribution >= 4 is 17.5 Å². The Morgan fingerprint density at radius 3 is 2.36 bits per heavy atom. The number of anilines is 1. The fourth-order valence-corrected chi connectivity index (χ4v) is 5.02. The van der Waals surface area contributed by atoms with E-state index >= 15 is 0 Å². The van der Waals surface area contributed by atoms with E-state index in [4.69, 9.17) is 4.74 Å². The second kappa shape index (κ2) is 14.4. The number of likely N-dealkylation sites (N-methyl/N-ethyl adjacent to an activating group) is 1. The Bertz CT molecular complexity index is 1740. The topological polar surface area (TPSA) is 89.4 Å². The molecule has 0 aliphatic carbocycles. The summed E-state index contributed by atoms with van der Waals surface area (Å²) in [5, 5.41) is 11.3. The lowest BCUT2D eigenvalue weighted by Gasteiger charge is -2.25.